The lowest BCUT2D eigenvalue weighted by atomic mass is 9.89. The van der Waals surface area contributed by atoms with Crippen molar-refractivity contribution in [2.45, 2.75) is 70.3 Å². The first-order chi connectivity index (χ1) is 14.1. The Labute approximate surface area is 183 Å². The molecule has 1 unspecified atom stereocenters. The van der Waals surface area contributed by atoms with Crippen LogP contribution in [0.5, 0.6) is 0 Å². The quantitative estimate of drug-likeness (QED) is 0.222. The van der Waals surface area contributed by atoms with Crippen molar-refractivity contribution < 1.29 is 24.3 Å². The van der Waals surface area contributed by atoms with Gasteiger partial charge in [-0.1, -0.05) is 55.5 Å². The molecule has 0 radical (unpaired) electrons. The van der Waals surface area contributed by atoms with Gasteiger partial charge in [-0.3, -0.25) is 4.79 Å². The van der Waals surface area contributed by atoms with Gasteiger partial charge in [0.2, 0.25) is 0 Å². The number of nitrogens with zero attached hydrogens (tertiary/aromatic N) is 1. The maximum atomic E-state index is 12.4. The van der Waals surface area contributed by atoms with Crippen LogP contribution in [0.3, 0.4) is 0 Å². The van der Waals surface area contributed by atoms with Gasteiger partial charge < -0.3 is 19.5 Å². The van der Waals surface area contributed by atoms with E-state index in [2.05, 4.69) is 55.5 Å². The van der Waals surface area contributed by atoms with E-state index in [-0.39, 0.29) is 13.0 Å². The largest absolute Gasteiger partial charge is 0.550 e. The zero-order valence-corrected chi connectivity index (χ0v) is 19.3. The number of aliphatic carboxylic acids is 1. The Balaban J connectivity index is 4.09. The minimum atomic E-state index is -1.86. The van der Waals surface area contributed by atoms with Gasteiger partial charge in [0.05, 0.1) is 21.1 Å². The van der Waals surface area contributed by atoms with E-state index in [0.717, 1.165) is 38.5 Å². The zero-order chi connectivity index (χ0) is 22.9. The summed E-state index contributed by atoms with van der Waals surface area (Å²) in [6, 6.07) is 0. The summed E-state index contributed by atoms with van der Waals surface area (Å²) in [5.74, 6) is -1.82. The summed E-state index contributed by atoms with van der Waals surface area (Å²) in [5.41, 5.74) is -1.86. The minimum Gasteiger partial charge on any atom is -0.550 e. The molecule has 0 rings (SSSR count). The number of rotatable bonds is 17. The molecular weight excluding hydrogens is 378 g/mol. The van der Waals surface area contributed by atoms with Gasteiger partial charge >= 0.3 is 0 Å². The summed E-state index contributed by atoms with van der Waals surface area (Å²) in [4.78, 5) is 23.4. The van der Waals surface area contributed by atoms with Gasteiger partial charge in [-0.15, -0.1) is 0 Å². The van der Waals surface area contributed by atoms with E-state index in [9.17, 15) is 19.8 Å². The smallest absolute Gasteiger partial charge is 0.177 e. The fourth-order valence-electron chi connectivity index (χ4n) is 3.14. The molecule has 1 atom stereocenters. The summed E-state index contributed by atoms with van der Waals surface area (Å²) in [6.45, 7) is 2.18. The van der Waals surface area contributed by atoms with Gasteiger partial charge in [-0.25, -0.2) is 0 Å². The fraction of sp³-hybridized carbons (Fsp3) is 0.600. The van der Waals surface area contributed by atoms with E-state index in [4.69, 9.17) is 0 Å². The van der Waals surface area contributed by atoms with Crippen molar-refractivity contribution in [3.8, 4) is 0 Å². The van der Waals surface area contributed by atoms with Crippen LogP contribution in [0.1, 0.15) is 64.7 Å². The van der Waals surface area contributed by atoms with Crippen LogP contribution in [-0.2, 0) is 9.59 Å². The van der Waals surface area contributed by atoms with Crippen molar-refractivity contribution in [2.24, 2.45) is 0 Å². The van der Waals surface area contributed by atoms with Crippen molar-refractivity contribution in [3.05, 3.63) is 48.6 Å². The van der Waals surface area contributed by atoms with Crippen molar-refractivity contribution in [1.82, 2.24) is 0 Å². The summed E-state index contributed by atoms with van der Waals surface area (Å²) in [5, 5.41) is 21.6. The lowest BCUT2D eigenvalue weighted by Gasteiger charge is -2.34. The summed E-state index contributed by atoms with van der Waals surface area (Å²) >= 11 is 0. The van der Waals surface area contributed by atoms with Crippen LogP contribution in [-0.4, -0.2) is 54.6 Å². The predicted molar refractivity (Wildman–Crippen MR) is 122 cm³/mol. The molecule has 0 aliphatic heterocycles. The van der Waals surface area contributed by atoms with Gasteiger partial charge in [-0.05, 0) is 44.9 Å². The van der Waals surface area contributed by atoms with E-state index in [1.807, 2.05) is 21.1 Å². The number of carboxylic acids is 1. The van der Waals surface area contributed by atoms with Crippen molar-refractivity contribution in [1.29, 1.82) is 0 Å². The van der Waals surface area contributed by atoms with Crippen molar-refractivity contribution >= 4 is 11.8 Å². The van der Waals surface area contributed by atoms with E-state index in [1.165, 1.54) is 0 Å². The molecule has 30 heavy (non-hydrogen) atoms. The van der Waals surface area contributed by atoms with Crippen LogP contribution in [0.4, 0.5) is 0 Å². The van der Waals surface area contributed by atoms with Crippen LogP contribution in [0, 0.1) is 0 Å². The predicted octanol–water partition coefficient (Wildman–Crippen LogP) is 3.50. The number of carbonyl (C=O) groups is 2. The monoisotopic (exact) mass is 419 g/mol. The molecule has 0 amide bonds. The lowest BCUT2D eigenvalue weighted by Crippen LogP contribution is -2.56. The highest BCUT2D eigenvalue weighted by Crippen LogP contribution is 2.19. The molecule has 0 aliphatic rings. The number of allylic oxidation sites excluding steroid dienone is 8. The number of carboxylic acid groups (broad SMARTS) is 1. The zero-order valence-electron chi connectivity index (χ0n) is 19.3. The SMILES string of the molecule is CC/C=C\C/C=C\C/C=C\C/C=C\CCCCC(=O)C(O)(CC(=O)[O-])C[N+](C)(C)C. The Bertz CT molecular complexity index is 611. The standard InChI is InChI=1S/C25H41NO4/c1-5-6-7-8-9-10-11-12-13-14-15-16-17-18-19-20-23(27)25(30,21-24(28)29)22-26(2,3)4/h6-7,9-10,12-13,15-16,30H,5,8,11,14,17-22H2,1-4H3/b7-6-,10-9-,13-12-,16-15-. The number of carbonyl (C=O) groups excluding carboxylic acids is 2. The van der Waals surface area contributed by atoms with Gasteiger partial charge in [0.1, 0.15) is 6.54 Å². The molecule has 0 saturated carbocycles. The molecule has 0 aliphatic carbocycles. The van der Waals surface area contributed by atoms with E-state index in [1.54, 1.807) is 0 Å². The second kappa shape index (κ2) is 15.8. The van der Waals surface area contributed by atoms with Gasteiger partial charge in [-0.2, -0.15) is 0 Å². The Morgan fingerprint density at radius 2 is 1.37 bits per heavy atom. The number of likely N-dealkylation sites (N-methyl/N-ethyl adjacent to an activating group) is 1. The van der Waals surface area contributed by atoms with Crippen LogP contribution in [0.2, 0.25) is 0 Å². The normalized spacial score (nSPS) is 15.0. The molecule has 0 saturated heterocycles. The maximum Gasteiger partial charge on any atom is 0.177 e. The number of unbranched alkanes of at least 4 members (excludes halogenated alkanes) is 2. The highest BCUT2D eigenvalue weighted by Gasteiger charge is 2.40. The molecule has 0 fully saturated rings. The Kier molecular flexibility index (Phi) is 14.8. The van der Waals surface area contributed by atoms with Gasteiger partial charge in [0.15, 0.2) is 11.4 Å². The molecule has 1 N–H and O–H groups in total. The number of hydrogen-bond acceptors (Lipinski definition) is 4. The maximum absolute atomic E-state index is 12.4. The highest BCUT2D eigenvalue weighted by atomic mass is 16.4. The van der Waals surface area contributed by atoms with E-state index >= 15 is 0 Å². The molecule has 5 heteroatoms. The summed E-state index contributed by atoms with van der Waals surface area (Å²) < 4.78 is 0.303. The van der Waals surface area contributed by atoms with E-state index in [0.29, 0.717) is 10.9 Å². The van der Waals surface area contributed by atoms with Crippen LogP contribution in [0.15, 0.2) is 48.6 Å². The first-order valence-electron chi connectivity index (χ1n) is 11.0. The first kappa shape index (κ1) is 28.0. The lowest BCUT2D eigenvalue weighted by molar-refractivity contribution is -0.875. The third kappa shape index (κ3) is 15.9. The van der Waals surface area contributed by atoms with Gasteiger partial charge in [0.25, 0.3) is 0 Å². The number of Topliss-reactive ketones (excluding diaryl/α,β-unsaturated/α-hetero) is 1. The first-order valence-corrected chi connectivity index (χ1v) is 11.0. The second-order valence-corrected chi connectivity index (χ2v) is 8.70. The molecule has 0 aromatic carbocycles. The van der Waals surface area contributed by atoms with E-state index < -0.39 is 23.8 Å². The summed E-state index contributed by atoms with van der Waals surface area (Å²) in [6.07, 6.45) is 22.9. The van der Waals surface area contributed by atoms with Crippen LogP contribution >= 0.6 is 0 Å². The van der Waals surface area contributed by atoms with Crippen molar-refractivity contribution in [2.75, 3.05) is 27.7 Å². The molecule has 0 aromatic heterocycles. The fourth-order valence-corrected chi connectivity index (χ4v) is 3.14. The Hall–Kier alpha value is -1.98. The third-order valence-corrected chi connectivity index (χ3v) is 4.44. The molecule has 0 aromatic rings. The number of hydrogen-bond donors (Lipinski definition) is 1. The number of aliphatic hydroxyl groups is 1. The summed E-state index contributed by atoms with van der Waals surface area (Å²) in [7, 11) is 5.44. The third-order valence-electron chi connectivity index (χ3n) is 4.44. The number of quaternary nitrogens is 1. The Morgan fingerprint density at radius 1 is 0.867 bits per heavy atom. The van der Waals surface area contributed by atoms with Crippen LogP contribution in [0.25, 0.3) is 0 Å². The molecule has 0 heterocycles. The molecular formula is C25H41NO4. The second-order valence-electron chi connectivity index (χ2n) is 8.70. The average molecular weight is 420 g/mol. The topological polar surface area (TPSA) is 77.4 Å². The molecule has 5 nitrogen and oxygen atoms in total. The Morgan fingerprint density at radius 3 is 1.83 bits per heavy atom. The van der Waals surface area contributed by atoms with Crippen molar-refractivity contribution in [3.63, 3.8) is 0 Å². The van der Waals surface area contributed by atoms with Gasteiger partial charge in [0, 0.05) is 18.8 Å². The minimum absolute atomic E-state index is 0.0523. The van der Waals surface area contributed by atoms with Crippen LogP contribution < -0.4 is 5.11 Å². The molecule has 0 spiro atoms. The highest BCUT2D eigenvalue weighted by molar-refractivity contribution is 5.90. The number of ketones is 1. The average Bonchev–Trinajstić information content (AvgIpc) is 2.62. The molecule has 170 valence electrons. The molecule has 0 bridgehead atoms.